The summed E-state index contributed by atoms with van der Waals surface area (Å²) in [5.74, 6) is 0.0432. The van der Waals surface area contributed by atoms with E-state index >= 15 is 0 Å². The molecule has 6 nitrogen and oxygen atoms in total. The first-order valence-electron chi connectivity index (χ1n) is 11.0. The molecule has 0 saturated carbocycles. The molecule has 2 aromatic rings. The lowest BCUT2D eigenvalue weighted by Gasteiger charge is -2.14. The van der Waals surface area contributed by atoms with Gasteiger partial charge in [0.1, 0.15) is 5.75 Å². The summed E-state index contributed by atoms with van der Waals surface area (Å²) in [5, 5.41) is 41.0. The number of rotatable bonds is 15. The Labute approximate surface area is 185 Å². The molecule has 0 bridgehead atoms. The molecular formula is C25H34N2O4. The topological polar surface area (TPSA) is 106 Å². The van der Waals surface area contributed by atoms with Crippen molar-refractivity contribution in [2.24, 2.45) is 0 Å². The predicted molar refractivity (Wildman–Crippen MR) is 121 cm³/mol. The smallest absolute Gasteiger partial charge is 0.121 e. The molecule has 4 N–H and O–H groups in total. The summed E-state index contributed by atoms with van der Waals surface area (Å²) >= 11 is 0. The highest BCUT2D eigenvalue weighted by atomic mass is 16.5. The molecule has 0 spiro atoms. The van der Waals surface area contributed by atoms with E-state index in [2.05, 4.69) is 11.4 Å². The number of nitrogens with one attached hydrogen (secondary N) is 1. The van der Waals surface area contributed by atoms with Crippen LogP contribution in [0.25, 0.3) is 0 Å². The normalized spacial score (nSPS) is 11.9. The maximum Gasteiger partial charge on any atom is 0.121 e. The molecule has 0 amide bonds. The number of hydrogen-bond donors (Lipinski definition) is 4. The number of hydrogen-bond acceptors (Lipinski definition) is 6. The number of phenols is 1. The summed E-state index contributed by atoms with van der Waals surface area (Å²) < 4.78 is 5.70. The lowest BCUT2D eigenvalue weighted by Crippen LogP contribution is -2.22. The molecule has 2 rings (SSSR count). The fraction of sp³-hybridized carbons (Fsp3) is 0.480. The molecule has 6 heteroatoms. The maximum atomic E-state index is 10.2. The number of aryl methyl sites for hydroxylation is 1. The highest BCUT2D eigenvalue weighted by molar-refractivity contribution is 5.36. The van der Waals surface area contributed by atoms with Crippen LogP contribution in [-0.4, -0.2) is 41.6 Å². The van der Waals surface area contributed by atoms with Gasteiger partial charge in [-0.15, -0.1) is 0 Å². The van der Waals surface area contributed by atoms with Crippen LogP contribution in [0.5, 0.6) is 5.75 Å². The van der Waals surface area contributed by atoms with Crippen LogP contribution in [0.15, 0.2) is 42.5 Å². The van der Waals surface area contributed by atoms with Crippen molar-refractivity contribution in [3.05, 3.63) is 64.7 Å². The molecule has 2 aromatic carbocycles. The second-order valence-electron chi connectivity index (χ2n) is 7.71. The maximum absolute atomic E-state index is 10.2. The van der Waals surface area contributed by atoms with Gasteiger partial charge in [0, 0.05) is 25.3 Å². The highest BCUT2D eigenvalue weighted by Gasteiger charge is 2.09. The van der Waals surface area contributed by atoms with Gasteiger partial charge < -0.3 is 25.4 Å². The van der Waals surface area contributed by atoms with Crippen LogP contribution in [0.3, 0.4) is 0 Å². The number of aliphatic hydroxyl groups excluding tert-OH is 2. The lowest BCUT2D eigenvalue weighted by molar-refractivity contribution is 0.127. The third kappa shape index (κ3) is 9.50. The minimum atomic E-state index is -0.663. The van der Waals surface area contributed by atoms with Gasteiger partial charge in [-0.1, -0.05) is 31.0 Å². The molecule has 31 heavy (non-hydrogen) atoms. The lowest BCUT2D eigenvalue weighted by atomic mass is 10.1. The van der Waals surface area contributed by atoms with Crippen molar-refractivity contribution in [3.63, 3.8) is 0 Å². The minimum absolute atomic E-state index is 0.0432. The Balaban J connectivity index is 1.42. The Morgan fingerprint density at radius 1 is 0.968 bits per heavy atom. The molecule has 1 atom stereocenters. The molecule has 0 aliphatic heterocycles. The van der Waals surface area contributed by atoms with Crippen molar-refractivity contribution >= 4 is 0 Å². The largest absolute Gasteiger partial charge is 0.508 e. The monoisotopic (exact) mass is 426 g/mol. The number of ether oxygens (including phenoxy) is 1. The molecule has 0 aliphatic carbocycles. The van der Waals surface area contributed by atoms with Crippen LogP contribution in [0.4, 0.5) is 0 Å². The molecule has 0 saturated heterocycles. The Morgan fingerprint density at radius 2 is 1.71 bits per heavy atom. The second-order valence-corrected chi connectivity index (χ2v) is 7.71. The first-order chi connectivity index (χ1) is 15.1. The van der Waals surface area contributed by atoms with E-state index in [0.29, 0.717) is 23.2 Å². The van der Waals surface area contributed by atoms with Crippen molar-refractivity contribution in [3.8, 4) is 11.8 Å². The van der Waals surface area contributed by atoms with Gasteiger partial charge >= 0.3 is 0 Å². The van der Waals surface area contributed by atoms with Crippen LogP contribution in [0.1, 0.15) is 60.5 Å². The Kier molecular flexibility index (Phi) is 11.7. The van der Waals surface area contributed by atoms with Crippen molar-refractivity contribution in [1.82, 2.24) is 5.32 Å². The van der Waals surface area contributed by atoms with E-state index in [1.54, 1.807) is 12.1 Å². The van der Waals surface area contributed by atoms with Crippen molar-refractivity contribution in [2.75, 3.05) is 26.3 Å². The molecule has 0 aliphatic rings. The van der Waals surface area contributed by atoms with Gasteiger partial charge in [0.05, 0.1) is 24.3 Å². The molecule has 0 heterocycles. The van der Waals surface area contributed by atoms with Crippen LogP contribution in [0, 0.1) is 11.3 Å². The third-order valence-corrected chi connectivity index (χ3v) is 5.23. The number of unbranched alkanes of at least 4 members (excludes halogenated alkanes) is 3. The van der Waals surface area contributed by atoms with Gasteiger partial charge in [-0.25, -0.2) is 0 Å². The fourth-order valence-corrected chi connectivity index (χ4v) is 3.33. The summed E-state index contributed by atoms with van der Waals surface area (Å²) in [4.78, 5) is 0. The SMILES string of the molecule is N#Cc1ccc(CCCOCCCCCCNCC(O)c2ccc(O)c(CO)c2)cc1. The van der Waals surface area contributed by atoms with Gasteiger partial charge in [-0.3, -0.25) is 0 Å². The first-order valence-corrected chi connectivity index (χ1v) is 11.0. The van der Waals surface area contributed by atoms with Crippen LogP contribution >= 0.6 is 0 Å². The van der Waals surface area contributed by atoms with Gasteiger partial charge in [-0.2, -0.15) is 5.26 Å². The molecule has 0 aromatic heterocycles. The van der Waals surface area contributed by atoms with E-state index < -0.39 is 6.10 Å². The zero-order chi connectivity index (χ0) is 22.3. The zero-order valence-corrected chi connectivity index (χ0v) is 18.1. The Morgan fingerprint density at radius 3 is 2.45 bits per heavy atom. The Bertz CT molecular complexity index is 802. The van der Waals surface area contributed by atoms with Gasteiger partial charge in [0.25, 0.3) is 0 Å². The van der Waals surface area contributed by atoms with Crippen molar-refractivity contribution in [2.45, 2.75) is 51.2 Å². The van der Waals surface area contributed by atoms with Crippen LogP contribution < -0.4 is 5.32 Å². The van der Waals surface area contributed by atoms with Crippen LogP contribution in [-0.2, 0) is 17.8 Å². The van der Waals surface area contributed by atoms with Crippen molar-refractivity contribution in [1.29, 1.82) is 5.26 Å². The third-order valence-electron chi connectivity index (χ3n) is 5.23. The van der Waals surface area contributed by atoms with Gasteiger partial charge in [0.2, 0.25) is 0 Å². The average Bonchev–Trinajstić information content (AvgIpc) is 2.80. The summed E-state index contributed by atoms with van der Waals surface area (Å²) in [6.07, 6.45) is 5.63. The summed E-state index contributed by atoms with van der Waals surface area (Å²) in [7, 11) is 0. The van der Waals surface area contributed by atoms with E-state index in [-0.39, 0.29) is 12.4 Å². The summed E-state index contributed by atoms with van der Waals surface area (Å²) in [6.45, 7) is 2.58. The van der Waals surface area contributed by atoms with E-state index in [0.717, 1.165) is 58.3 Å². The molecule has 0 radical (unpaired) electrons. The quantitative estimate of drug-likeness (QED) is 0.324. The van der Waals surface area contributed by atoms with Crippen molar-refractivity contribution < 1.29 is 20.1 Å². The number of aliphatic hydroxyl groups is 2. The van der Waals surface area contributed by atoms with E-state index in [4.69, 9.17) is 10.00 Å². The molecule has 1 unspecified atom stereocenters. The average molecular weight is 427 g/mol. The minimum Gasteiger partial charge on any atom is -0.508 e. The van der Waals surface area contributed by atoms with E-state index in [1.807, 2.05) is 24.3 Å². The van der Waals surface area contributed by atoms with E-state index in [1.165, 1.54) is 11.6 Å². The number of nitriles is 1. The second kappa shape index (κ2) is 14.6. The molecule has 0 fully saturated rings. The van der Waals surface area contributed by atoms with Gasteiger partial charge in [-0.05, 0) is 67.6 Å². The number of aromatic hydroxyl groups is 1. The van der Waals surface area contributed by atoms with E-state index in [9.17, 15) is 15.3 Å². The zero-order valence-electron chi connectivity index (χ0n) is 18.1. The Hall–Kier alpha value is -2.43. The highest BCUT2D eigenvalue weighted by Crippen LogP contribution is 2.22. The van der Waals surface area contributed by atoms with Gasteiger partial charge in [0.15, 0.2) is 0 Å². The number of nitrogens with zero attached hydrogens (tertiary/aromatic N) is 1. The van der Waals surface area contributed by atoms with Crippen LogP contribution in [0.2, 0.25) is 0 Å². The standard InChI is InChI=1S/C25H34N2O4/c26-17-21-9-7-20(8-10-21)6-5-15-31-14-4-2-1-3-13-27-18-25(30)22-11-12-24(29)23(16-22)19-28/h7-12,16,25,27-30H,1-6,13-15,18-19H2. The number of benzene rings is 2. The first kappa shape index (κ1) is 24.8. The molecular weight excluding hydrogens is 392 g/mol. The fourth-order valence-electron chi connectivity index (χ4n) is 3.33. The summed E-state index contributed by atoms with van der Waals surface area (Å²) in [5.41, 5.74) is 3.04. The summed E-state index contributed by atoms with van der Waals surface area (Å²) in [6, 6.07) is 14.6. The molecule has 168 valence electrons. The predicted octanol–water partition coefficient (Wildman–Crippen LogP) is 3.59.